The molecule has 2 rings (SSSR count). The molecule has 1 aliphatic heterocycles. The van der Waals surface area contributed by atoms with E-state index in [-0.39, 0.29) is 5.75 Å². The summed E-state index contributed by atoms with van der Waals surface area (Å²) in [4.78, 5) is 7.06. The van der Waals surface area contributed by atoms with Crippen LogP contribution in [0.2, 0.25) is 0 Å². The lowest BCUT2D eigenvalue weighted by atomic mass is 9.93. The summed E-state index contributed by atoms with van der Waals surface area (Å²) in [5, 5.41) is 3.36. The smallest absolute Gasteiger partial charge is 0.215 e. The average Bonchev–Trinajstić information content (AvgIpc) is 2.91. The fourth-order valence-corrected chi connectivity index (χ4v) is 3.76. The number of nitrogens with one attached hydrogen (secondary N) is 2. The van der Waals surface area contributed by atoms with E-state index < -0.39 is 10.0 Å². The predicted molar refractivity (Wildman–Crippen MR) is 103 cm³/mol. The fourth-order valence-electron chi connectivity index (χ4n) is 2.99. The highest BCUT2D eigenvalue weighted by Gasteiger charge is 2.30. The zero-order valence-electron chi connectivity index (χ0n) is 15.7. The van der Waals surface area contributed by atoms with Crippen LogP contribution in [0.25, 0.3) is 0 Å². The standard InChI is InChI=1S/C18H30N4O2S/c1-5-20-17(22-10-9-18(2,3)14-22)21-12-15-7-6-8-16(11-15)13-25(23,24)19-4/h6-8,11,19H,5,9-10,12-14H2,1-4H3,(H,20,21). The number of likely N-dealkylation sites (tertiary alicyclic amines) is 1. The monoisotopic (exact) mass is 366 g/mol. The topological polar surface area (TPSA) is 73.8 Å². The highest BCUT2D eigenvalue weighted by molar-refractivity contribution is 7.88. The second-order valence-corrected chi connectivity index (χ2v) is 9.22. The van der Waals surface area contributed by atoms with Crippen LogP contribution in [-0.2, 0) is 22.3 Å². The van der Waals surface area contributed by atoms with Gasteiger partial charge in [-0.25, -0.2) is 18.1 Å². The molecule has 7 heteroatoms. The fraction of sp³-hybridized carbons (Fsp3) is 0.611. The second-order valence-electron chi connectivity index (χ2n) is 7.29. The number of hydrogen-bond donors (Lipinski definition) is 2. The molecule has 140 valence electrons. The Kier molecular flexibility index (Phi) is 6.46. The molecule has 0 unspecified atom stereocenters. The van der Waals surface area contributed by atoms with Gasteiger partial charge in [-0.15, -0.1) is 0 Å². The van der Waals surface area contributed by atoms with E-state index in [9.17, 15) is 8.42 Å². The average molecular weight is 367 g/mol. The molecule has 0 aliphatic carbocycles. The van der Waals surface area contributed by atoms with Crippen molar-refractivity contribution in [3.8, 4) is 0 Å². The molecule has 1 aromatic rings. The van der Waals surface area contributed by atoms with Gasteiger partial charge in [-0.05, 0) is 36.9 Å². The normalized spacial score (nSPS) is 17.8. The Morgan fingerprint density at radius 2 is 2.04 bits per heavy atom. The molecule has 0 aromatic heterocycles. The number of benzene rings is 1. The zero-order chi connectivity index (χ0) is 18.5. The maximum Gasteiger partial charge on any atom is 0.215 e. The molecule has 1 fully saturated rings. The lowest BCUT2D eigenvalue weighted by Crippen LogP contribution is -2.40. The summed E-state index contributed by atoms with van der Waals surface area (Å²) in [6, 6.07) is 7.61. The summed E-state index contributed by atoms with van der Waals surface area (Å²) in [7, 11) is -1.83. The minimum atomic E-state index is -3.26. The first-order valence-electron chi connectivity index (χ1n) is 8.77. The van der Waals surface area contributed by atoms with Gasteiger partial charge >= 0.3 is 0 Å². The Labute approximate surface area is 151 Å². The third kappa shape index (κ3) is 6.01. The molecule has 1 saturated heterocycles. The molecule has 0 radical (unpaired) electrons. The first-order chi connectivity index (χ1) is 11.7. The largest absolute Gasteiger partial charge is 0.357 e. The molecule has 0 saturated carbocycles. The number of rotatable bonds is 6. The second kappa shape index (κ2) is 8.19. The molecule has 25 heavy (non-hydrogen) atoms. The van der Waals surface area contributed by atoms with Crippen molar-refractivity contribution in [2.75, 3.05) is 26.7 Å². The lowest BCUT2D eigenvalue weighted by molar-refractivity contribution is 0.370. The highest BCUT2D eigenvalue weighted by Crippen LogP contribution is 2.28. The van der Waals surface area contributed by atoms with Crippen LogP contribution >= 0.6 is 0 Å². The van der Waals surface area contributed by atoms with Gasteiger partial charge < -0.3 is 10.2 Å². The van der Waals surface area contributed by atoms with E-state index in [1.165, 1.54) is 7.05 Å². The van der Waals surface area contributed by atoms with Crippen molar-refractivity contribution in [1.82, 2.24) is 14.9 Å². The lowest BCUT2D eigenvalue weighted by Gasteiger charge is -2.23. The minimum absolute atomic E-state index is 0.0125. The molecule has 0 bridgehead atoms. The summed E-state index contributed by atoms with van der Waals surface area (Å²) in [6.45, 7) is 10.0. The van der Waals surface area contributed by atoms with Crippen molar-refractivity contribution in [1.29, 1.82) is 0 Å². The molecule has 1 aliphatic rings. The van der Waals surface area contributed by atoms with Gasteiger partial charge in [0.15, 0.2) is 5.96 Å². The van der Waals surface area contributed by atoms with Gasteiger partial charge in [-0.3, -0.25) is 0 Å². The van der Waals surface area contributed by atoms with Crippen LogP contribution < -0.4 is 10.0 Å². The van der Waals surface area contributed by atoms with Gasteiger partial charge in [0.25, 0.3) is 0 Å². The number of guanidine groups is 1. The van der Waals surface area contributed by atoms with Crippen LogP contribution in [-0.4, -0.2) is 46.0 Å². The SMILES string of the molecule is CCNC(=NCc1cccc(CS(=O)(=O)NC)c1)N1CCC(C)(C)C1. The number of aliphatic imine (C=N–C) groups is 1. The molecular weight excluding hydrogens is 336 g/mol. The third-order valence-corrected chi connectivity index (χ3v) is 5.72. The van der Waals surface area contributed by atoms with Crippen molar-refractivity contribution in [3.63, 3.8) is 0 Å². The van der Waals surface area contributed by atoms with Crippen LogP contribution in [0.3, 0.4) is 0 Å². The van der Waals surface area contributed by atoms with E-state index in [1.54, 1.807) is 0 Å². The molecule has 2 N–H and O–H groups in total. The van der Waals surface area contributed by atoms with Crippen molar-refractivity contribution >= 4 is 16.0 Å². The van der Waals surface area contributed by atoms with E-state index in [0.29, 0.717) is 12.0 Å². The van der Waals surface area contributed by atoms with Crippen LogP contribution in [0.4, 0.5) is 0 Å². The Bertz CT molecular complexity index is 714. The minimum Gasteiger partial charge on any atom is -0.357 e. The Hall–Kier alpha value is -1.60. The van der Waals surface area contributed by atoms with Gasteiger partial charge in [-0.2, -0.15) is 0 Å². The molecule has 0 amide bonds. The summed E-state index contributed by atoms with van der Waals surface area (Å²) in [6.07, 6.45) is 1.16. The van der Waals surface area contributed by atoms with Gasteiger partial charge in [0.1, 0.15) is 0 Å². The van der Waals surface area contributed by atoms with Crippen molar-refractivity contribution in [2.45, 2.75) is 39.5 Å². The van der Waals surface area contributed by atoms with E-state index in [4.69, 9.17) is 4.99 Å². The Morgan fingerprint density at radius 3 is 2.64 bits per heavy atom. The first-order valence-corrected chi connectivity index (χ1v) is 10.4. The van der Waals surface area contributed by atoms with E-state index in [1.807, 2.05) is 24.3 Å². The molecular formula is C18H30N4O2S. The molecule has 1 aromatic carbocycles. The van der Waals surface area contributed by atoms with Gasteiger partial charge in [0, 0.05) is 19.6 Å². The van der Waals surface area contributed by atoms with Crippen LogP contribution in [0.1, 0.15) is 38.3 Å². The third-order valence-electron chi connectivity index (χ3n) is 4.38. The van der Waals surface area contributed by atoms with Crippen molar-refractivity contribution in [2.24, 2.45) is 10.4 Å². The maximum atomic E-state index is 11.7. The number of sulfonamides is 1. The van der Waals surface area contributed by atoms with Crippen molar-refractivity contribution < 1.29 is 8.42 Å². The number of hydrogen-bond acceptors (Lipinski definition) is 3. The predicted octanol–water partition coefficient (Wildman–Crippen LogP) is 1.93. The molecule has 0 spiro atoms. The highest BCUT2D eigenvalue weighted by atomic mass is 32.2. The van der Waals surface area contributed by atoms with Gasteiger partial charge in [0.05, 0.1) is 12.3 Å². The summed E-state index contributed by atoms with van der Waals surface area (Å²) in [5.74, 6) is 0.919. The van der Waals surface area contributed by atoms with Crippen LogP contribution in [0.5, 0.6) is 0 Å². The van der Waals surface area contributed by atoms with Crippen LogP contribution in [0.15, 0.2) is 29.3 Å². The van der Waals surface area contributed by atoms with E-state index >= 15 is 0 Å². The van der Waals surface area contributed by atoms with Gasteiger partial charge in [-0.1, -0.05) is 38.1 Å². The maximum absolute atomic E-state index is 11.7. The van der Waals surface area contributed by atoms with E-state index in [0.717, 1.165) is 43.1 Å². The summed E-state index contributed by atoms with van der Waals surface area (Å²) < 4.78 is 25.8. The number of nitrogens with zero attached hydrogens (tertiary/aromatic N) is 2. The Morgan fingerprint density at radius 1 is 1.32 bits per heavy atom. The van der Waals surface area contributed by atoms with E-state index in [2.05, 4.69) is 35.7 Å². The first kappa shape index (κ1) is 19.7. The van der Waals surface area contributed by atoms with Crippen LogP contribution in [0, 0.1) is 5.41 Å². The van der Waals surface area contributed by atoms with Crippen molar-refractivity contribution in [3.05, 3.63) is 35.4 Å². The molecule has 1 heterocycles. The Balaban J connectivity index is 2.10. The molecule has 6 nitrogen and oxygen atoms in total. The summed E-state index contributed by atoms with van der Waals surface area (Å²) in [5.41, 5.74) is 2.10. The zero-order valence-corrected chi connectivity index (χ0v) is 16.5. The molecule has 0 atom stereocenters. The van der Waals surface area contributed by atoms with Gasteiger partial charge in [0.2, 0.25) is 10.0 Å². The quantitative estimate of drug-likeness (QED) is 0.596. The summed E-state index contributed by atoms with van der Waals surface area (Å²) >= 11 is 0.